The molecule has 1 heterocycles. The van der Waals surface area contributed by atoms with E-state index in [-0.39, 0.29) is 23.8 Å². The zero-order valence-corrected chi connectivity index (χ0v) is 14.2. The Morgan fingerprint density at radius 2 is 1.81 bits per heavy atom. The number of amides is 1. The normalized spacial score (nSPS) is 12.0. The van der Waals surface area contributed by atoms with Gasteiger partial charge in [-0.1, -0.05) is 48.5 Å². The first-order chi connectivity index (χ1) is 12.5. The van der Waals surface area contributed by atoms with E-state index < -0.39 is 17.5 Å². The third kappa shape index (κ3) is 4.14. The van der Waals surface area contributed by atoms with Gasteiger partial charge in [-0.3, -0.25) is 4.79 Å². The van der Waals surface area contributed by atoms with E-state index in [2.05, 4.69) is 17.4 Å². The van der Waals surface area contributed by atoms with E-state index >= 15 is 0 Å². The minimum atomic E-state index is -0.708. The number of carbonyl (C=O) groups excluding carboxylic acids is 1. The molecular formula is C20H18F2N2O2. The number of aromatic nitrogens is 1. The number of benzene rings is 2. The molecule has 0 aliphatic heterocycles. The molecule has 134 valence electrons. The van der Waals surface area contributed by atoms with Crippen molar-refractivity contribution in [1.29, 1.82) is 0 Å². The molecule has 6 heteroatoms. The molecule has 0 fully saturated rings. The minimum absolute atomic E-state index is 0.0111. The third-order valence-electron chi connectivity index (χ3n) is 4.15. The highest BCUT2D eigenvalue weighted by Gasteiger charge is 2.17. The van der Waals surface area contributed by atoms with Crippen molar-refractivity contribution < 1.29 is 18.1 Å². The molecule has 26 heavy (non-hydrogen) atoms. The number of carbonyl (C=O) groups is 1. The summed E-state index contributed by atoms with van der Waals surface area (Å²) in [5.41, 5.74) is 1.61. The number of nitrogens with one attached hydrogen (secondary N) is 1. The Balaban J connectivity index is 1.61. The number of hydrogen-bond donors (Lipinski definition) is 1. The molecule has 0 saturated carbocycles. The molecule has 0 aliphatic rings. The Hall–Kier alpha value is -3.02. The van der Waals surface area contributed by atoms with Gasteiger partial charge in [-0.05, 0) is 30.0 Å². The minimum Gasteiger partial charge on any atom is -0.351 e. The summed E-state index contributed by atoms with van der Waals surface area (Å²) in [5.74, 6) is -1.76. The first kappa shape index (κ1) is 17.8. The van der Waals surface area contributed by atoms with Crippen molar-refractivity contribution in [1.82, 2.24) is 10.5 Å². The second-order valence-corrected chi connectivity index (χ2v) is 6.08. The summed E-state index contributed by atoms with van der Waals surface area (Å²) in [4.78, 5) is 12.1. The van der Waals surface area contributed by atoms with Crippen molar-refractivity contribution in [2.45, 2.75) is 25.8 Å². The summed E-state index contributed by atoms with van der Waals surface area (Å²) in [6.07, 6.45) is 0.614. The fraction of sp³-hybridized carbons (Fsp3) is 0.200. The Kier molecular flexibility index (Phi) is 5.41. The highest BCUT2D eigenvalue weighted by Crippen LogP contribution is 2.20. The summed E-state index contributed by atoms with van der Waals surface area (Å²) < 4.78 is 32.2. The molecular weight excluding hydrogens is 338 g/mol. The van der Waals surface area contributed by atoms with Crippen molar-refractivity contribution >= 4 is 5.91 Å². The molecule has 1 unspecified atom stereocenters. The smallest absolute Gasteiger partial charge is 0.290 e. The van der Waals surface area contributed by atoms with E-state index in [0.29, 0.717) is 12.1 Å². The maximum Gasteiger partial charge on any atom is 0.290 e. The van der Waals surface area contributed by atoms with E-state index in [4.69, 9.17) is 4.52 Å². The lowest BCUT2D eigenvalue weighted by atomic mass is 9.96. The van der Waals surface area contributed by atoms with Crippen LogP contribution in [0.4, 0.5) is 8.78 Å². The van der Waals surface area contributed by atoms with E-state index in [1.54, 1.807) is 6.07 Å². The van der Waals surface area contributed by atoms with E-state index in [1.807, 2.05) is 30.3 Å². The molecule has 1 atom stereocenters. The summed E-state index contributed by atoms with van der Waals surface area (Å²) in [6.45, 7) is 1.79. The molecule has 3 rings (SSSR count). The Bertz CT molecular complexity index is 874. The van der Waals surface area contributed by atoms with E-state index in [0.717, 1.165) is 17.7 Å². The third-order valence-corrected chi connectivity index (χ3v) is 4.15. The van der Waals surface area contributed by atoms with Crippen molar-refractivity contribution in [2.24, 2.45) is 0 Å². The number of halogens is 2. The topological polar surface area (TPSA) is 55.1 Å². The van der Waals surface area contributed by atoms with Crippen LogP contribution in [0.3, 0.4) is 0 Å². The van der Waals surface area contributed by atoms with Gasteiger partial charge in [-0.2, -0.15) is 0 Å². The summed E-state index contributed by atoms with van der Waals surface area (Å²) in [6, 6.07) is 15.0. The van der Waals surface area contributed by atoms with Crippen LogP contribution in [0.5, 0.6) is 0 Å². The molecule has 1 N–H and O–H groups in total. The Morgan fingerprint density at radius 3 is 2.50 bits per heavy atom. The van der Waals surface area contributed by atoms with Crippen molar-refractivity contribution in [3.05, 3.63) is 88.8 Å². The molecule has 4 nitrogen and oxygen atoms in total. The summed E-state index contributed by atoms with van der Waals surface area (Å²) in [5, 5.41) is 6.35. The second kappa shape index (κ2) is 7.91. The van der Waals surface area contributed by atoms with Crippen molar-refractivity contribution in [2.75, 3.05) is 0 Å². The quantitative estimate of drug-likeness (QED) is 0.719. The molecule has 0 saturated heterocycles. The van der Waals surface area contributed by atoms with Crippen LogP contribution in [0, 0.1) is 11.6 Å². The van der Waals surface area contributed by atoms with Crippen molar-refractivity contribution in [3.63, 3.8) is 0 Å². The summed E-state index contributed by atoms with van der Waals surface area (Å²) in [7, 11) is 0. The molecule has 0 bridgehead atoms. The predicted octanol–water partition coefficient (Wildman–Crippen LogP) is 4.23. The Labute approximate surface area is 149 Å². The largest absolute Gasteiger partial charge is 0.351 e. The SMILES string of the molecule is CC(Cc1cc(C(=O)NCc2c(F)cccc2F)on1)c1ccccc1. The first-order valence-electron chi connectivity index (χ1n) is 8.26. The average Bonchev–Trinajstić information content (AvgIpc) is 3.10. The maximum atomic E-state index is 13.6. The molecule has 0 radical (unpaired) electrons. The van der Waals surface area contributed by atoms with Gasteiger partial charge < -0.3 is 9.84 Å². The number of rotatable bonds is 6. The van der Waals surface area contributed by atoms with Crippen molar-refractivity contribution in [3.8, 4) is 0 Å². The second-order valence-electron chi connectivity index (χ2n) is 6.08. The first-order valence-corrected chi connectivity index (χ1v) is 8.26. The zero-order chi connectivity index (χ0) is 18.5. The number of hydrogen-bond acceptors (Lipinski definition) is 3. The van der Waals surface area contributed by atoms with Crippen LogP contribution < -0.4 is 5.32 Å². The van der Waals surface area contributed by atoms with Gasteiger partial charge in [0, 0.05) is 18.2 Å². The van der Waals surface area contributed by atoms with Gasteiger partial charge in [0.1, 0.15) is 11.6 Å². The lowest BCUT2D eigenvalue weighted by Crippen LogP contribution is -2.23. The highest BCUT2D eigenvalue weighted by atomic mass is 19.1. The zero-order valence-electron chi connectivity index (χ0n) is 14.2. The van der Waals surface area contributed by atoms with Crippen LogP contribution in [0.1, 0.15) is 40.2 Å². The van der Waals surface area contributed by atoms with Gasteiger partial charge in [0.05, 0.1) is 5.69 Å². The molecule has 1 aromatic heterocycles. The maximum absolute atomic E-state index is 13.6. The van der Waals surface area contributed by atoms with Crippen LogP contribution in [-0.4, -0.2) is 11.1 Å². The van der Waals surface area contributed by atoms with Gasteiger partial charge >= 0.3 is 0 Å². The van der Waals surface area contributed by atoms with Gasteiger partial charge in [0.2, 0.25) is 5.76 Å². The standard InChI is InChI=1S/C20H18F2N2O2/c1-13(14-6-3-2-4-7-14)10-15-11-19(26-24-15)20(25)23-12-16-17(21)8-5-9-18(16)22/h2-9,11,13H,10,12H2,1H3,(H,23,25). The van der Waals surface area contributed by atoms with Gasteiger partial charge in [0.25, 0.3) is 5.91 Å². The fourth-order valence-electron chi connectivity index (χ4n) is 2.69. The van der Waals surface area contributed by atoms with Crippen LogP contribution in [0.15, 0.2) is 59.1 Å². The molecule has 3 aromatic rings. The monoisotopic (exact) mass is 356 g/mol. The molecule has 2 aromatic carbocycles. The average molecular weight is 356 g/mol. The van der Waals surface area contributed by atoms with Gasteiger partial charge in [0.15, 0.2) is 0 Å². The van der Waals surface area contributed by atoms with Crippen LogP contribution in [0.2, 0.25) is 0 Å². The van der Waals surface area contributed by atoms with Crippen LogP contribution in [-0.2, 0) is 13.0 Å². The van der Waals surface area contributed by atoms with Gasteiger partial charge in [-0.25, -0.2) is 8.78 Å². The molecule has 0 aliphatic carbocycles. The molecule has 1 amide bonds. The van der Waals surface area contributed by atoms with Crippen LogP contribution in [0.25, 0.3) is 0 Å². The van der Waals surface area contributed by atoms with E-state index in [9.17, 15) is 13.6 Å². The lowest BCUT2D eigenvalue weighted by molar-refractivity contribution is 0.0913. The predicted molar refractivity (Wildman–Crippen MR) is 92.6 cm³/mol. The fourth-order valence-corrected chi connectivity index (χ4v) is 2.69. The highest BCUT2D eigenvalue weighted by molar-refractivity contribution is 5.91. The summed E-state index contributed by atoms with van der Waals surface area (Å²) >= 11 is 0. The Morgan fingerprint density at radius 1 is 1.12 bits per heavy atom. The van der Waals surface area contributed by atoms with Crippen LogP contribution >= 0.6 is 0 Å². The lowest BCUT2D eigenvalue weighted by Gasteiger charge is -2.08. The molecule has 0 spiro atoms. The van der Waals surface area contributed by atoms with Gasteiger partial charge in [-0.15, -0.1) is 0 Å². The number of nitrogens with zero attached hydrogens (tertiary/aromatic N) is 1. The van der Waals surface area contributed by atoms with E-state index in [1.165, 1.54) is 6.07 Å².